The Hall–Kier alpha value is -0.120. The summed E-state index contributed by atoms with van der Waals surface area (Å²) in [5.41, 5.74) is 0. The van der Waals surface area contributed by atoms with E-state index in [4.69, 9.17) is 0 Å². The predicted molar refractivity (Wildman–Crippen MR) is 64.1 cm³/mol. The van der Waals surface area contributed by atoms with Crippen molar-refractivity contribution in [3.8, 4) is 0 Å². The monoisotopic (exact) mass is 214 g/mol. The minimum Gasteiger partial charge on any atom is -0.393 e. The lowest BCUT2D eigenvalue weighted by Crippen LogP contribution is -2.46. The maximum absolute atomic E-state index is 9.44. The third kappa shape index (κ3) is 4.96. The Labute approximate surface area is 94.1 Å². The fourth-order valence-corrected chi connectivity index (χ4v) is 2.08. The van der Waals surface area contributed by atoms with Crippen molar-refractivity contribution in [2.24, 2.45) is 0 Å². The predicted octanol–water partition coefficient (Wildman–Crippen LogP) is 1.18. The van der Waals surface area contributed by atoms with Gasteiger partial charge in [0, 0.05) is 26.2 Å². The van der Waals surface area contributed by atoms with E-state index in [1.807, 2.05) is 6.92 Å². The molecule has 0 bridgehead atoms. The molecule has 0 spiro atoms. The van der Waals surface area contributed by atoms with Gasteiger partial charge in [-0.1, -0.05) is 13.8 Å². The summed E-state index contributed by atoms with van der Waals surface area (Å²) in [6.45, 7) is 11.5. The van der Waals surface area contributed by atoms with Crippen LogP contribution >= 0.6 is 0 Å². The summed E-state index contributed by atoms with van der Waals surface area (Å²) in [4.78, 5) is 5.02. The number of likely N-dealkylation sites (N-methyl/N-ethyl adjacent to an activating group) is 1. The highest BCUT2D eigenvalue weighted by Gasteiger charge is 2.14. The van der Waals surface area contributed by atoms with E-state index in [0.29, 0.717) is 0 Å². The van der Waals surface area contributed by atoms with Gasteiger partial charge in [-0.15, -0.1) is 0 Å². The quantitative estimate of drug-likeness (QED) is 0.719. The molecule has 0 aromatic carbocycles. The Kier molecular flexibility index (Phi) is 6.22. The fraction of sp³-hybridized carbons (Fsp3) is 1.00. The number of rotatable bonds is 6. The molecule has 1 aliphatic rings. The van der Waals surface area contributed by atoms with Gasteiger partial charge in [-0.05, 0) is 32.4 Å². The van der Waals surface area contributed by atoms with E-state index in [-0.39, 0.29) is 6.10 Å². The van der Waals surface area contributed by atoms with Crippen molar-refractivity contribution < 1.29 is 5.11 Å². The van der Waals surface area contributed by atoms with Crippen molar-refractivity contribution >= 4 is 0 Å². The molecule has 1 fully saturated rings. The molecular formula is C12H26N2O. The van der Waals surface area contributed by atoms with Gasteiger partial charge in [0.2, 0.25) is 0 Å². The van der Waals surface area contributed by atoms with Crippen molar-refractivity contribution in [2.75, 3.05) is 39.3 Å². The number of hydrogen-bond donors (Lipinski definition) is 1. The van der Waals surface area contributed by atoms with Gasteiger partial charge >= 0.3 is 0 Å². The molecule has 1 saturated heterocycles. The maximum atomic E-state index is 9.44. The van der Waals surface area contributed by atoms with Gasteiger partial charge in [0.05, 0.1) is 6.10 Å². The normalized spacial score (nSPS) is 21.8. The Morgan fingerprint density at radius 3 is 2.20 bits per heavy atom. The van der Waals surface area contributed by atoms with Crippen LogP contribution in [0.1, 0.15) is 33.1 Å². The molecule has 1 heterocycles. The van der Waals surface area contributed by atoms with Crippen LogP contribution in [-0.4, -0.2) is 60.3 Å². The van der Waals surface area contributed by atoms with Crippen LogP contribution in [0.15, 0.2) is 0 Å². The van der Waals surface area contributed by atoms with Gasteiger partial charge in [-0.2, -0.15) is 0 Å². The lowest BCUT2D eigenvalue weighted by Gasteiger charge is -2.34. The molecule has 1 atom stereocenters. The average molecular weight is 214 g/mol. The molecule has 1 rings (SSSR count). The summed E-state index contributed by atoms with van der Waals surface area (Å²) < 4.78 is 0. The Balaban J connectivity index is 2.03. The van der Waals surface area contributed by atoms with Crippen LogP contribution in [-0.2, 0) is 0 Å². The first-order valence-electron chi connectivity index (χ1n) is 6.39. The summed E-state index contributed by atoms with van der Waals surface area (Å²) in [5, 5.41) is 9.44. The highest BCUT2D eigenvalue weighted by Crippen LogP contribution is 2.05. The summed E-state index contributed by atoms with van der Waals surface area (Å²) >= 11 is 0. The van der Waals surface area contributed by atoms with Crippen LogP contribution < -0.4 is 0 Å². The van der Waals surface area contributed by atoms with Gasteiger partial charge in [0.15, 0.2) is 0 Å². The second-order valence-corrected chi connectivity index (χ2v) is 4.48. The molecule has 0 radical (unpaired) electrons. The van der Waals surface area contributed by atoms with Gasteiger partial charge in [-0.25, -0.2) is 0 Å². The Morgan fingerprint density at radius 1 is 1.07 bits per heavy atom. The van der Waals surface area contributed by atoms with Crippen LogP contribution in [0.4, 0.5) is 0 Å². The van der Waals surface area contributed by atoms with E-state index in [2.05, 4.69) is 16.7 Å². The topological polar surface area (TPSA) is 26.7 Å². The van der Waals surface area contributed by atoms with Crippen molar-refractivity contribution in [3.05, 3.63) is 0 Å². The van der Waals surface area contributed by atoms with Gasteiger partial charge in [0.25, 0.3) is 0 Å². The second kappa shape index (κ2) is 7.20. The molecule has 1 unspecified atom stereocenters. The number of aliphatic hydroxyl groups excluding tert-OH is 1. The molecule has 0 aromatic rings. The minimum absolute atomic E-state index is 0.0815. The Morgan fingerprint density at radius 2 is 1.67 bits per heavy atom. The molecule has 1 N–H and O–H groups in total. The molecule has 0 saturated carbocycles. The molecular weight excluding hydrogens is 188 g/mol. The second-order valence-electron chi connectivity index (χ2n) is 4.48. The standard InChI is InChI=1S/C12H26N2O/c1-3-12(15)6-5-7-14-10-8-13(4-2)9-11-14/h12,15H,3-11H2,1-2H3. The first kappa shape index (κ1) is 12.9. The molecule has 0 amide bonds. The lowest BCUT2D eigenvalue weighted by molar-refractivity contribution is 0.120. The smallest absolute Gasteiger partial charge is 0.0538 e. The molecule has 1 aliphatic heterocycles. The van der Waals surface area contributed by atoms with Crippen LogP contribution in [0.2, 0.25) is 0 Å². The highest BCUT2D eigenvalue weighted by molar-refractivity contribution is 4.71. The summed E-state index contributed by atoms with van der Waals surface area (Å²) in [7, 11) is 0. The number of hydrogen-bond acceptors (Lipinski definition) is 3. The maximum Gasteiger partial charge on any atom is 0.0538 e. The van der Waals surface area contributed by atoms with Crippen LogP contribution in [0.5, 0.6) is 0 Å². The summed E-state index contributed by atoms with van der Waals surface area (Å²) in [6, 6.07) is 0. The molecule has 90 valence electrons. The third-order valence-corrected chi connectivity index (χ3v) is 3.40. The minimum atomic E-state index is -0.0815. The van der Waals surface area contributed by atoms with Crippen molar-refractivity contribution in [1.82, 2.24) is 9.80 Å². The van der Waals surface area contributed by atoms with E-state index < -0.39 is 0 Å². The van der Waals surface area contributed by atoms with E-state index in [1.54, 1.807) is 0 Å². The van der Waals surface area contributed by atoms with Crippen LogP contribution in [0.25, 0.3) is 0 Å². The van der Waals surface area contributed by atoms with E-state index >= 15 is 0 Å². The molecule has 3 nitrogen and oxygen atoms in total. The largest absolute Gasteiger partial charge is 0.393 e. The van der Waals surface area contributed by atoms with Gasteiger partial charge in [-0.3, -0.25) is 0 Å². The fourth-order valence-electron chi connectivity index (χ4n) is 2.08. The van der Waals surface area contributed by atoms with Gasteiger partial charge in [0.1, 0.15) is 0 Å². The number of nitrogens with zero attached hydrogens (tertiary/aromatic N) is 2. The zero-order chi connectivity index (χ0) is 11.1. The molecule has 3 heteroatoms. The van der Waals surface area contributed by atoms with Crippen molar-refractivity contribution in [1.29, 1.82) is 0 Å². The Bertz CT molecular complexity index is 156. The molecule has 0 aliphatic carbocycles. The molecule has 15 heavy (non-hydrogen) atoms. The SMILES string of the molecule is CCC(O)CCCN1CCN(CC)CC1. The lowest BCUT2D eigenvalue weighted by atomic mass is 10.1. The zero-order valence-electron chi connectivity index (χ0n) is 10.3. The van der Waals surface area contributed by atoms with Crippen LogP contribution in [0, 0.1) is 0 Å². The van der Waals surface area contributed by atoms with Gasteiger partial charge < -0.3 is 14.9 Å². The van der Waals surface area contributed by atoms with E-state index in [1.165, 1.54) is 32.7 Å². The number of aliphatic hydroxyl groups is 1. The van der Waals surface area contributed by atoms with Crippen molar-refractivity contribution in [3.63, 3.8) is 0 Å². The van der Waals surface area contributed by atoms with E-state index in [9.17, 15) is 5.11 Å². The summed E-state index contributed by atoms with van der Waals surface area (Å²) in [6.07, 6.45) is 2.91. The third-order valence-electron chi connectivity index (χ3n) is 3.40. The van der Waals surface area contributed by atoms with Crippen molar-refractivity contribution in [2.45, 2.75) is 39.2 Å². The average Bonchev–Trinajstić information content (AvgIpc) is 2.29. The first-order chi connectivity index (χ1) is 7.26. The highest BCUT2D eigenvalue weighted by atomic mass is 16.3. The zero-order valence-corrected chi connectivity index (χ0v) is 10.3. The molecule has 0 aromatic heterocycles. The van der Waals surface area contributed by atoms with Crippen LogP contribution in [0.3, 0.4) is 0 Å². The number of piperazine rings is 1. The summed E-state index contributed by atoms with van der Waals surface area (Å²) in [5.74, 6) is 0. The van der Waals surface area contributed by atoms with E-state index in [0.717, 1.165) is 25.8 Å². The first-order valence-corrected chi connectivity index (χ1v) is 6.39.